The molecule has 3 N–H and O–H groups in total. The second kappa shape index (κ2) is 5.65. The second-order valence-corrected chi connectivity index (χ2v) is 7.57. The molecule has 7 heteroatoms. The van der Waals surface area contributed by atoms with Crippen LogP contribution in [0.4, 0.5) is 5.69 Å². The minimum atomic E-state index is -3.71. The van der Waals surface area contributed by atoms with Gasteiger partial charge in [0, 0.05) is 18.8 Å². The van der Waals surface area contributed by atoms with E-state index in [1.54, 1.807) is 26.0 Å². The van der Waals surface area contributed by atoms with E-state index in [9.17, 15) is 13.2 Å². The highest BCUT2D eigenvalue weighted by molar-refractivity contribution is 7.89. The summed E-state index contributed by atoms with van der Waals surface area (Å²) in [5.74, 6) is -0.269. The van der Waals surface area contributed by atoms with E-state index in [1.165, 1.54) is 7.05 Å². The first-order valence-corrected chi connectivity index (χ1v) is 8.28. The van der Waals surface area contributed by atoms with Gasteiger partial charge in [0.15, 0.2) is 0 Å². The van der Waals surface area contributed by atoms with Gasteiger partial charge >= 0.3 is 0 Å². The quantitative estimate of drug-likeness (QED) is 0.786. The maximum absolute atomic E-state index is 12.6. The maximum Gasteiger partial charge on any atom is 0.243 e. The molecule has 6 nitrogen and oxygen atoms in total. The van der Waals surface area contributed by atoms with E-state index >= 15 is 0 Å². The van der Waals surface area contributed by atoms with Crippen molar-refractivity contribution < 1.29 is 13.2 Å². The van der Waals surface area contributed by atoms with E-state index in [4.69, 9.17) is 5.73 Å². The zero-order valence-corrected chi connectivity index (χ0v) is 13.3. The maximum atomic E-state index is 12.6. The lowest BCUT2D eigenvalue weighted by Gasteiger charge is -2.20. The zero-order chi connectivity index (χ0) is 15.8. The number of nitrogens with one attached hydrogen (secondary N) is 1. The lowest BCUT2D eigenvalue weighted by atomic mass is 10.1. The van der Waals surface area contributed by atoms with Gasteiger partial charge in [0.05, 0.1) is 11.4 Å². The summed E-state index contributed by atoms with van der Waals surface area (Å²) in [6.07, 6.45) is 1.94. The summed E-state index contributed by atoms with van der Waals surface area (Å²) < 4.78 is 26.3. The molecule has 0 spiro atoms. The van der Waals surface area contributed by atoms with Crippen LogP contribution in [-0.2, 0) is 14.8 Å². The second-order valence-electron chi connectivity index (χ2n) is 5.59. The van der Waals surface area contributed by atoms with Crippen LogP contribution in [-0.4, -0.2) is 38.3 Å². The number of aryl methyl sites for hydroxylation is 2. The third-order valence-electron chi connectivity index (χ3n) is 3.46. The molecule has 1 aromatic rings. The van der Waals surface area contributed by atoms with Gasteiger partial charge in [-0.05, 0) is 49.9 Å². The van der Waals surface area contributed by atoms with Crippen molar-refractivity contribution in [2.24, 2.45) is 0 Å². The largest absolute Gasteiger partial charge is 0.399 e. The van der Waals surface area contributed by atoms with Crippen LogP contribution in [0.1, 0.15) is 24.0 Å². The monoisotopic (exact) mass is 311 g/mol. The molecule has 0 heterocycles. The van der Waals surface area contributed by atoms with Crippen LogP contribution in [0.3, 0.4) is 0 Å². The van der Waals surface area contributed by atoms with Crippen LogP contribution in [0.2, 0.25) is 0 Å². The Bertz CT molecular complexity index is 643. The zero-order valence-electron chi connectivity index (χ0n) is 12.5. The van der Waals surface area contributed by atoms with Crippen LogP contribution in [0.15, 0.2) is 17.0 Å². The number of carbonyl (C=O) groups is 1. The Labute approximate surface area is 125 Å². The summed E-state index contributed by atoms with van der Waals surface area (Å²) in [6, 6.07) is 3.46. The van der Waals surface area contributed by atoms with Crippen molar-refractivity contribution >= 4 is 21.6 Å². The molecule has 1 saturated carbocycles. The van der Waals surface area contributed by atoms with Gasteiger partial charge in [-0.25, -0.2) is 8.42 Å². The molecule has 0 bridgehead atoms. The van der Waals surface area contributed by atoms with Gasteiger partial charge in [0.25, 0.3) is 0 Å². The van der Waals surface area contributed by atoms with Crippen LogP contribution in [0.25, 0.3) is 0 Å². The summed E-state index contributed by atoms with van der Waals surface area (Å²) in [6.45, 7) is 3.23. The number of nitrogens with zero attached hydrogens (tertiary/aromatic N) is 1. The normalized spacial score (nSPS) is 15.2. The van der Waals surface area contributed by atoms with Crippen molar-refractivity contribution in [3.63, 3.8) is 0 Å². The fourth-order valence-corrected chi connectivity index (χ4v) is 3.87. The molecule has 0 unspecified atom stereocenters. The summed E-state index contributed by atoms with van der Waals surface area (Å²) in [7, 11) is -2.30. The Morgan fingerprint density at radius 2 is 1.86 bits per heavy atom. The molecule has 0 saturated heterocycles. The fourth-order valence-electron chi connectivity index (χ4n) is 2.33. The molecule has 1 amide bonds. The SMILES string of the molecule is Cc1cc(N)cc(C)c1S(=O)(=O)N(C)CC(=O)NC1CC1. The van der Waals surface area contributed by atoms with Crippen LogP contribution >= 0.6 is 0 Å². The molecule has 0 radical (unpaired) electrons. The van der Waals surface area contributed by atoms with Gasteiger partial charge in [-0.15, -0.1) is 0 Å². The lowest BCUT2D eigenvalue weighted by Crippen LogP contribution is -2.39. The van der Waals surface area contributed by atoms with E-state index in [0.717, 1.165) is 17.1 Å². The van der Waals surface area contributed by atoms with Gasteiger partial charge in [0.2, 0.25) is 15.9 Å². The molecular formula is C14H21N3O3S. The number of hydrogen-bond acceptors (Lipinski definition) is 4. The van der Waals surface area contributed by atoms with E-state index in [1.807, 2.05) is 0 Å². The first kappa shape index (κ1) is 15.8. The molecule has 1 aromatic carbocycles. The highest BCUT2D eigenvalue weighted by Gasteiger charge is 2.29. The van der Waals surface area contributed by atoms with Crippen molar-refractivity contribution in [3.8, 4) is 0 Å². The third kappa shape index (κ3) is 3.54. The average molecular weight is 311 g/mol. The Kier molecular flexibility index (Phi) is 4.25. The van der Waals surface area contributed by atoms with Gasteiger partial charge in [-0.3, -0.25) is 4.79 Å². The van der Waals surface area contributed by atoms with Crippen molar-refractivity contribution in [2.75, 3.05) is 19.3 Å². The number of hydrogen-bond donors (Lipinski definition) is 2. The Balaban J connectivity index is 2.22. The minimum Gasteiger partial charge on any atom is -0.399 e. The summed E-state index contributed by atoms with van der Waals surface area (Å²) in [4.78, 5) is 12.0. The average Bonchev–Trinajstić information content (AvgIpc) is 3.10. The highest BCUT2D eigenvalue weighted by Crippen LogP contribution is 2.25. The van der Waals surface area contributed by atoms with Crippen LogP contribution < -0.4 is 11.1 Å². The number of sulfonamides is 1. The molecule has 1 fully saturated rings. The first-order chi connectivity index (χ1) is 9.71. The molecule has 2 rings (SSSR count). The third-order valence-corrected chi connectivity index (χ3v) is 5.57. The van der Waals surface area contributed by atoms with E-state index in [0.29, 0.717) is 16.8 Å². The topological polar surface area (TPSA) is 92.5 Å². The predicted molar refractivity (Wildman–Crippen MR) is 81.3 cm³/mol. The van der Waals surface area contributed by atoms with Gasteiger partial charge in [-0.2, -0.15) is 4.31 Å². The van der Waals surface area contributed by atoms with Crippen molar-refractivity contribution in [2.45, 2.75) is 37.6 Å². The van der Waals surface area contributed by atoms with E-state index in [-0.39, 0.29) is 23.4 Å². The number of likely N-dealkylation sites (N-methyl/N-ethyl adjacent to an activating group) is 1. The smallest absolute Gasteiger partial charge is 0.243 e. The number of nitrogens with two attached hydrogens (primary N) is 1. The lowest BCUT2D eigenvalue weighted by molar-refractivity contribution is -0.121. The molecule has 21 heavy (non-hydrogen) atoms. The standard InChI is InChI=1S/C14H21N3O3S/c1-9-6-11(15)7-10(2)14(9)21(19,20)17(3)8-13(18)16-12-4-5-12/h6-7,12H,4-5,8,15H2,1-3H3,(H,16,18). The minimum absolute atomic E-state index is 0.178. The van der Waals surface area contributed by atoms with Crippen LogP contribution in [0, 0.1) is 13.8 Å². The summed E-state index contributed by atoms with van der Waals surface area (Å²) in [5, 5.41) is 2.78. The number of carbonyl (C=O) groups excluding carboxylic acids is 1. The first-order valence-electron chi connectivity index (χ1n) is 6.84. The highest BCUT2D eigenvalue weighted by atomic mass is 32.2. The van der Waals surface area contributed by atoms with Gasteiger partial charge < -0.3 is 11.1 Å². The van der Waals surface area contributed by atoms with Crippen LogP contribution in [0.5, 0.6) is 0 Å². The van der Waals surface area contributed by atoms with Gasteiger partial charge in [-0.1, -0.05) is 0 Å². The van der Waals surface area contributed by atoms with Crippen molar-refractivity contribution in [1.82, 2.24) is 9.62 Å². The molecule has 0 aliphatic heterocycles. The molecular weight excluding hydrogens is 290 g/mol. The Hall–Kier alpha value is -1.60. The van der Waals surface area contributed by atoms with E-state index < -0.39 is 10.0 Å². The number of anilines is 1. The fraction of sp³-hybridized carbons (Fsp3) is 0.500. The Morgan fingerprint density at radius 3 is 2.33 bits per heavy atom. The molecule has 116 valence electrons. The molecule has 1 aliphatic carbocycles. The molecule has 0 atom stereocenters. The van der Waals surface area contributed by atoms with E-state index in [2.05, 4.69) is 5.32 Å². The van der Waals surface area contributed by atoms with Gasteiger partial charge in [0.1, 0.15) is 0 Å². The number of rotatable bonds is 5. The van der Waals surface area contributed by atoms with Crippen molar-refractivity contribution in [3.05, 3.63) is 23.3 Å². The number of benzene rings is 1. The number of amides is 1. The summed E-state index contributed by atoms with van der Waals surface area (Å²) >= 11 is 0. The number of nitrogen functional groups attached to an aromatic ring is 1. The summed E-state index contributed by atoms with van der Waals surface area (Å²) in [5.41, 5.74) is 7.41. The Morgan fingerprint density at radius 1 is 1.33 bits per heavy atom. The molecule has 0 aromatic heterocycles. The van der Waals surface area contributed by atoms with Crippen molar-refractivity contribution in [1.29, 1.82) is 0 Å². The molecule has 1 aliphatic rings. The predicted octanol–water partition coefficient (Wildman–Crippen LogP) is 0.785.